The van der Waals surface area contributed by atoms with E-state index in [9.17, 15) is 5.11 Å². The van der Waals surface area contributed by atoms with Gasteiger partial charge < -0.3 is 10.0 Å². The molecule has 1 saturated carbocycles. The molecule has 0 aromatic rings. The summed E-state index contributed by atoms with van der Waals surface area (Å²) in [6.07, 6.45) is 8.81. The topological polar surface area (TPSA) is 23.5 Å². The van der Waals surface area contributed by atoms with Crippen molar-refractivity contribution in [1.82, 2.24) is 4.90 Å². The average Bonchev–Trinajstić information content (AvgIpc) is 2.23. The van der Waals surface area contributed by atoms with Gasteiger partial charge in [-0.25, -0.2) is 0 Å². The molecule has 1 aliphatic carbocycles. The van der Waals surface area contributed by atoms with Gasteiger partial charge in [0.25, 0.3) is 0 Å². The van der Waals surface area contributed by atoms with Crippen LogP contribution in [0.5, 0.6) is 0 Å². The summed E-state index contributed by atoms with van der Waals surface area (Å²) < 4.78 is 0. The minimum absolute atomic E-state index is 0.00704. The summed E-state index contributed by atoms with van der Waals surface area (Å²) in [5.74, 6) is 0.872. The molecule has 1 aliphatic heterocycles. The molecule has 82 valence electrons. The van der Waals surface area contributed by atoms with Crippen LogP contribution in [0.1, 0.15) is 44.9 Å². The van der Waals surface area contributed by atoms with Crippen molar-refractivity contribution in [3.05, 3.63) is 0 Å². The lowest BCUT2D eigenvalue weighted by Gasteiger charge is -2.33. The van der Waals surface area contributed by atoms with E-state index in [1.54, 1.807) is 0 Å². The largest absolute Gasteiger partial charge is 0.393 e. The first kappa shape index (κ1) is 10.4. The van der Waals surface area contributed by atoms with E-state index in [0.29, 0.717) is 0 Å². The Bertz CT molecular complexity index is 158. The summed E-state index contributed by atoms with van der Waals surface area (Å²) in [6.45, 7) is 3.94. The Morgan fingerprint density at radius 2 is 1.57 bits per heavy atom. The number of aliphatic hydroxyl groups is 1. The molecular weight excluding hydrogens is 174 g/mol. The van der Waals surface area contributed by atoms with Gasteiger partial charge in [-0.1, -0.05) is 6.42 Å². The van der Waals surface area contributed by atoms with Gasteiger partial charge in [-0.05, 0) is 57.5 Å². The van der Waals surface area contributed by atoms with Crippen molar-refractivity contribution in [2.75, 3.05) is 19.6 Å². The average molecular weight is 197 g/mol. The molecule has 0 aromatic heterocycles. The Hall–Kier alpha value is -0.0800. The fourth-order valence-electron chi connectivity index (χ4n) is 2.83. The van der Waals surface area contributed by atoms with Gasteiger partial charge in [0.05, 0.1) is 6.10 Å². The van der Waals surface area contributed by atoms with E-state index in [0.717, 1.165) is 18.8 Å². The molecule has 0 spiro atoms. The lowest BCUT2D eigenvalue weighted by molar-refractivity contribution is 0.0898. The molecule has 1 saturated heterocycles. The number of hydrogen-bond donors (Lipinski definition) is 1. The Balaban J connectivity index is 1.68. The number of nitrogens with zero attached hydrogens (tertiary/aromatic N) is 1. The molecular formula is C12H23NO. The zero-order valence-electron chi connectivity index (χ0n) is 9.12. The third-order valence-corrected chi connectivity index (χ3v) is 3.78. The minimum Gasteiger partial charge on any atom is -0.393 e. The van der Waals surface area contributed by atoms with Crippen LogP contribution in [-0.2, 0) is 0 Å². The van der Waals surface area contributed by atoms with E-state index in [-0.39, 0.29) is 6.10 Å². The first-order chi connectivity index (χ1) is 6.84. The molecule has 2 aliphatic rings. The number of rotatable bonds is 2. The highest BCUT2D eigenvalue weighted by atomic mass is 16.3. The van der Waals surface area contributed by atoms with Gasteiger partial charge in [0.15, 0.2) is 0 Å². The number of piperidine rings is 1. The summed E-state index contributed by atoms with van der Waals surface area (Å²) in [7, 11) is 0. The monoisotopic (exact) mass is 197 g/mol. The summed E-state index contributed by atoms with van der Waals surface area (Å²) in [5, 5.41) is 9.42. The van der Waals surface area contributed by atoms with Crippen LogP contribution >= 0.6 is 0 Å². The van der Waals surface area contributed by atoms with Crippen molar-refractivity contribution in [3.8, 4) is 0 Å². The first-order valence-corrected chi connectivity index (χ1v) is 6.25. The van der Waals surface area contributed by atoms with Crippen molar-refractivity contribution in [1.29, 1.82) is 0 Å². The van der Waals surface area contributed by atoms with E-state index >= 15 is 0 Å². The second-order valence-electron chi connectivity index (χ2n) is 5.04. The molecule has 2 nitrogen and oxygen atoms in total. The zero-order chi connectivity index (χ0) is 9.80. The summed E-state index contributed by atoms with van der Waals surface area (Å²) in [5.41, 5.74) is 0. The molecule has 14 heavy (non-hydrogen) atoms. The first-order valence-electron chi connectivity index (χ1n) is 6.25. The van der Waals surface area contributed by atoms with Crippen LogP contribution in [0.2, 0.25) is 0 Å². The highest BCUT2D eigenvalue weighted by Crippen LogP contribution is 2.25. The number of likely N-dealkylation sites (tertiary alicyclic amines) is 1. The normalized spacial score (nSPS) is 35.8. The zero-order valence-corrected chi connectivity index (χ0v) is 9.12. The second-order valence-corrected chi connectivity index (χ2v) is 5.04. The van der Waals surface area contributed by atoms with E-state index in [1.807, 2.05) is 0 Å². The van der Waals surface area contributed by atoms with Crippen molar-refractivity contribution in [2.24, 2.45) is 5.92 Å². The summed E-state index contributed by atoms with van der Waals surface area (Å²) >= 11 is 0. The fraction of sp³-hybridized carbons (Fsp3) is 1.00. The van der Waals surface area contributed by atoms with Crippen molar-refractivity contribution in [3.63, 3.8) is 0 Å². The number of hydrogen-bond acceptors (Lipinski definition) is 2. The highest BCUT2D eigenvalue weighted by Gasteiger charge is 2.22. The predicted molar refractivity (Wildman–Crippen MR) is 58.3 cm³/mol. The highest BCUT2D eigenvalue weighted by molar-refractivity contribution is 4.75. The maximum atomic E-state index is 9.42. The Morgan fingerprint density at radius 1 is 0.929 bits per heavy atom. The van der Waals surface area contributed by atoms with Gasteiger partial charge in [0, 0.05) is 6.54 Å². The van der Waals surface area contributed by atoms with Gasteiger partial charge >= 0.3 is 0 Å². The molecule has 2 fully saturated rings. The lowest BCUT2D eigenvalue weighted by atomic mass is 9.87. The van der Waals surface area contributed by atoms with Gasteiger partial charge in [0.1, 0.15) is 0 Å². The Labute approximate surface area is 87.3 Å². The summed E-state index contributed by atoms with van der Waals surface area (Å²) in [4.78, 5) is 2.63. The smallest absolute Gasteiger partial charge is 0.0540 e. The molecule has 0 aromatic carbocycles. The number of aliphatic hydroxyl groups excluding tert-OH is 1. The molecule has 0 bridgehead atoms. The van der Waals surface area contributed by atoms with Crippen LogP contribution < -0.4 is 0 Å². The van der Waals surface area contributed by atoms with Crippen LogP contribution in [-0.4, -0.2) is 35.7 Å². The Kier molecular flexibility index (Phi) is 3.82. The minimum atomic E-state index is 0.00704. The molecule has 0 radical (unpaired) electrons. The van der Waals surface area contributed by atoms with Crippen LogP contribution in [0.4, 0.5) is 0 Å². The van der Waals surface area contributed by atoms with Crippen LogP contribution in [0.3, 0.4) is 0 Å². The molecule has 1 heterocycles. The van der Waals surface area contributed by atoms with E-state index in [2.05, 4.69) is 4.90 Å². The standard InChI is InChI=1S/C12H23NO/c14-12-6-4-11(5-7-12)10-13-8-2-1-3-9-13/h11-12,14H,1-10H2. The quantitative estimate of drug-likeness (QED) is 0.732. The molecule has 0 atom stereocenters. The van der Waals surface area contributed by atoms with Crippen LogP contribution in [0.15, 0.2) is 0 Å². The molecule has 1 N–H and O–H groups in total. The molecule has 2 heteroatoms. The van der Waals surface area contributed by atoms with Gasteiger partial charge in [0.2, 0.25) is 0 Å². The predicted octanol–water partition coefficient (Wildman–Crippen LogP) is 2.02. The van der Waals surface area contributed by atoms with Crippen LogP contribution in [0.25, 0.3) is 0 Å². The maximum absolute atomic E-state index is 9.42. The third kappa shape index (κ3) is 2.96. The SMILES string of the molecule is OC1CCC(CN2CCCCC2)CC1. The van der Waals surface area contributed by atoms with Gasteiger partial charge in [-0.3, -0.25) is 0 Å². The molecule has 0 amide bonds. The van der Waals surface area contributed by atoms with Crippen molar-refractivity contribution in [2.45, 2.75) is 51.0 Å². The van der Waals surface area contributed by atoms with E-state index in [4.69, 9.17) is 0 Å². The fourth-order valence-corrected chi connectivity index (χ4v) is 2.83. The Morgan fingerprint density at radius 3 is 2.21 bits per heavy atom. The maximum Gasteiger partial charge on any atom is 0.0540 e. The van der Waals surface area contributed by atoms with Crippen LogP contribution in [0, 0.1) is 5.92 Å². The molecule has 0 unspecified atom stereocenters. The third-order valence-electron chi connectivity index (χ3n) is 3.78. The van der Waals surface area contributed by atoms with Crippen molar-refractivity contribution >= 4 is 0 Å². The second kappa shape index (κ2) is 5.13. The van der Waals surface area contributed by atoms with Gasteiger partial charge in [-0.2, -0.15) is 0 Å². The lowest BCUT2D eigenvalue weighted by Crippen LogP contribution is -2.35. The van der Waals surface area contributed by atoms with Gasteiger partial charge in [-0.15, -0.1) is 0 Å². The van der Waals surface area contributed by atoms with E-state index < -0.39 is 0 Å². The molecule has 2 rings (SSSR count). The van der Waals surface area contributed by atoms with E-state index in [1.165, 1.54) is 51.7 Å². The summed E-state index contributed by atoms with van der Waals surface area (Å²) in [6, 6.07) is 0. The van der Waals surface area contributed by atoms with Crippen molar-refractivity contribution < 1.29 is 5.11 Å².